The number of benzene rings is 2. The number of hydrogen-bond acceptors (Lipinski definition) is 2. The Kier molecular flexibility index (Phi) is 7.31. The molecule has 2 aromatic carbocycles. The number of quaternary nitrogens is 2. The van der Waals surface area contributed by atoms with Crippen molar-refractivity contribution in [3.63, 3.8) is 0 Å². The highest BCUT2D eigenvalue weighted by Crippen LogP contribution is 2.18. The van der Waals surface area contributed by atoms with Gasteiger partial charge in [0.2, 0.25) is 0 Å². The number of nitrogens with zero attached hydrogens (tertiary/aromatic N) is 1. The summed E-state index contributed by atoms with van der Waals surface area (Å²) in [6.45, 7) is 9.12. The van der Waals surface area contributed by atoms with Crippen molar-refractivity contribution in [2.75, 3.05) is 56.5 Å². The highest BCUT2D eigenvalue weighted by molar-refractivity contribution is 6.31. The summed E-state index contributed by atoms with van der Waals surface area (Å²) in [4.78, 5) is 17.6. The molecule has 1 aliphatic heterocycles. The van der Waals surface area contributed by atoms with Gasteiger partial charge >= 0.3 is 0 Å². The topological polar surface area (TPSA) is 41.2 Å². The molecule has 28 heavy (non-hydrogen) atoms. The molecule has 1 unspecified atom stereocenters. The molecule has 0 aromatic heterocycles. The number of piperazine rings is 1. The predicted molar refractivity (Wildman–Crippen MR) is 115 cm³/mol. The Bertz CT molecular complexity index is 772. The van der Waals surface area contributed by atoms with Crippen molar-refractivity contribution in [2.24, 2.45) is 0 Å². The van der Waals surface area contributed by atoms with Crippen molar-refractivity contribution in [3.8, 4) is 0 Å². The Morgan fingerprint density at radius 3 is 2.46 bits per heavy atom. The molecule has 0 saturated carbocycles. The summed E-state index contributed by atoms with van der Waals surface area (Å²) in [6, 6.07) is 16.0. The second kappa shape index (κ2) is 9.92. The smallest absolute Gasteiger partial charge is 0.279 e. The van der Waals surface area contributed by atoms with E-state index >= 15 is 0 Å². The maximum atomic E-state index is 12.4. The van der Waals surface area contributed by atoms with Crippen LogP contribution in [-0.2, 0) is 11.3 Å². The molecule has 6 heteroatoms. The van der Waals surface area contributed by atoms with Crippen LogP contribution in [0.5, 0.6) is 0 Å². The van der Waals surface area contributed by atoms with Crippen LogP contribution in [0, 0.1) is 0 Å². The first kappa shape index (κ1) is 20.6. The second-order valence-corrected chi connectivity index (χ2v) is 7.99. The first-order valence-electron chi connectivity index (χ1n) is 10.1. The maximum Gasteiger partial charge on any atom is 0.279 e. The summed E-state index contributed by atoms with van der Waals surface area (Å²) >= 11 is 6.21. The van der Waals surface area contributed by atoms with E-state index in [-0.39, 0.29) is 5.91 Å². The molecule has 3 N–H and O–H groups in total. The molecule has 1 fully saturated rings. The Labute approximate surface area is 172 Å². The number of hydrogen-bond donors (Lipinski definition) is 3. The Balaban J connectivity index is 1.48. The SMILES string of the molecule is CC[NH+]1CCN(c2ccc(NC(=O)C[NH+](C)Cc3ccccc3Cl)cc2)CC1. The van der Waals surface area contributed by atoms with E-state index in [0.717, 1.165) is 40.8 Å². The summed E-state index contributed by atoms with van der Waals surface area (Å²) in [5, 5.41) is 3.75. The number of carbonyl (C=O) groups excluding carboxylic acids is 1. The average Bonchev–Trinajstić information content (AvgIpc) is 2.70. The average molecular weight is 403 g/mol. The number of amides is 1. The number of halogens is 1. The van der Waals surface area contributed by atoms with Crippen molar-refractivity contribution in [2.45, 2.75) is 13.5 Å². The van der Waals surface area contributed by atoms with Gasteiger partial charge in [-0.2, -0.15) is 0 Å². The van der Waals surface area contributed by atoms with Gasteiger partial charge in [-0.1, -0.05) is 29.8 Å². The third-order valence-corrected chi connectivity index (χ3v) is 5.77. The van der Waals surface area contributed by atoms with E-state index in [1.807, 2.05) is 43.4 Å². The van der Waals surface area contributed by atoms with Gasteiger partial charge in [0.15, 0.2) is 6.54 Å². The molecule has 2 aromatic rings. The van der Waals surface area contributed by atoms with Gasteiger partial charge in [-0.05, 0) is 37.3 Å². The van der Waals surface area contributed by atoms with Crippen LogP contribution >= 0.6 is 11.6 Å². The molecule has 0 radical (unpaired) electrons. The van der Waals surface area contributed by atoms with Crippen LogP contribution in [0.15, 0.2) is 48.5 Å². The molecule has 1 saturated heterocycles. The molecule has 1 atom stereocenters. The third kappa shape index (κ3) is 5.71. The normalized spacial score (nSPS) is 16.0. The van der Waals surface area contributed by atoms with Crippen molar-refractivity contribution < 1.29 is 14.6 Å². The van der Waals surface area contributed by atoms with Crippen LogP contribution in [-0.4, -0.2) is 52.2 Å². The van der Waals surface area contributed by atoms with Crippen LogP contribution in [0.2, 0.25) is 5.02 Å². The number of likely N-dealkylation sites (N-methyl/N-ethyl adjacent to an activating group) is 2. The zero-order chi connectivity index (χ0) is 19.9. The summed E-state index contributed by atoms with van der Waals surface area (Å²) in [7, 11) is 2.00. The van der Waals surface area contributed by atoms with E-state index in [0.29, 0.717) is 6.54 Å². The molecule has 150 valence electrons. The molecule has 1 amide bonds. The molecule has 1 aliphatic rings. The van der Waals surface area contributed by atoms with E-state index in [1.54, 1.807) is 4.90 Å². The fraction of sp³-hybridized carbons (Fsp3) is 0.409. The van der Waals surface area contributed by atoms with Gasteiger partial charge in [0.1, 0.15) is 6.54 Å². The molecule has 1 heterocycles. The lowest BCUT2D eigenvalue weighted by atomic mass is 10.2. The van der Waals surface area contributed by atoms with Crippen LogP contribution in [0.1, 0.15) is 12.5 Å². The zero-order valence-corrected chi connectivity index (χ0v) is 17.6. The van der Waals surface area contributed by atoms with E-state index in [1.165, 1.54) is 25.3 Å². The fourth-order valence-corrected chi connectivity index (χ4v) is 3.90. The van der Waals surface area contributed by atoms with Gasteiger partial charge in [0, 0.05) is 22.0 Å². The molecular formula is C22H31ClN4O+2. The molecular weight excluding hydrogens is 372 g/mol. The molecule has 0 aliphatic carbocycles. The third-order valence-electron chi connectivity index (χ3n) is 5.40. The van der Waals surface area contributed by atoms with Crippen molar-refractivity contribution in [3.05, 3.63) is 59.1 Å². The van der Waals surface area contributed by atoms with Crippen molar-refractivity contribution in [1.82, 2.24) is 0 Å². The van der Waals surface area contributed by atoms with E-state index < -0.39 is 0 Å². The lowest BCUT2D eigenvalue weighted by Gasteiger charge is -2.33. The maximum absolute atomic E-state index is 12.4. The molecule has 5 nitrogen and oxygen atoms in total. The summed E-state index contributed by atoms with van der Waals surface area (Å²) in [6.07, 6.45) is 0. The lowest BCUT2D eigenvalue weighted by molar-refractivity contribution is -0.898. The quantitative estimate of drug-likeness (QED) is 0.638. The number of anilines is 2. The van der Waals surface area contributed by atoms with E-state index in [2.05, 4.69) is 29.3 Å². The Morgan fingerprint density at radius 2 is 1.82 bits per heavy atom. The predicted octanol–water partition coefficient (Wildman–Crippen LogP) is 0.718. The minimum absolute atomic E-state index is 0.0115. The molecule has 0 spiro atoms. The van der Waals surface area contributed by atoms with E-state index in [9.17, 15) is 4.79 Å². The minimum Gasteiger partial charge on any atom is -0.360 e. The van der Waals surface area contributed by atoms with Gasteiger partial charge in [-0.25, -0.2) is 0 Å². The highest BCUT2D eigenvalue weighted by Gasteiger charge is 2.18. The molecule has 0 bridgehead atoms. The van der Waals surface area contributed by atoms with Crippen LogP contribution < -0.4 is 20.0 Å². The number of carbonyl (C=O) groups is 1. The first-order valence-corrected chi connectivity index (χ1v) is 10.5. The lowest BCUT2D eigenvalue weighted by Crippen LogP contribution is -3.14. The van der Waals surface area contributed by atoms with Gasteiger partial charge in [-0.15, -0.1) is 0 Å². The standard InChI is InChI=1S/C22H29ClN4O/c1-3-26-12-14-27(15-13-26)20-10-8-19(9-11-20)24-22(28)17-25(2)16-18-6-4-5-7-21(18)23/h4-11H,3,12-17H2,1-2H3,(H,24,28)/p+2. The fourth-order valence-electron chi connectivity index (χ4n) is 3.70. The summed E-state index contributed by atoms with van der Waals surface area (Å²) < 4.78 is 0. The van der Waals surface area contributed by atoms with Gasteiger partial charge in [0.25, 0.3) is 5.91 Å². The monoisotopic (exact) mass is 402 g/mol. The Morgan fingerprint density at radius 1 is 1.14 bits per heavy atom. The number of rotatable bonds is 7. The summed E-state index contributed by atoms with van der Waals surface area (Å²) in [5.41, 5.74) is 3.13. The Hall–Kier alpha value is -2.08. The highest BCUT2D eigenvalue weighted by atomic mass is 35.5. The van der Waals surface area contributed by atoms with Gasteiger partial charge < -0.3 is 20.0 Å². The van der Waals surface area contributed by atoms with Gasteiger partial charge in [-0.3, -0.25) is 4.79 Å². The number of nitrogens with one attached hydrogen (secondary N) is 3. The van der Waals surface area contributed by atoms with Crippen molar-refractivity contribution in [1.29, 1.82) is 0 Å². The van der Waals surface area contributed by atoms with E-state index in [4.69, 9.17) is 11.6 Å². The van der Waals surface area contributed by atoms with Crippen LogP contribution in [0.3, 0.4) is 0 Å². The van der Waals surface area contributed by atoms with Gasteiger partial charge in [0.05, 0.1) is 39.8 Å². The van der Waals surface area contributed by atoms with Crippen molar-refractivity contribution >= 4 is 28.9 Å². The minimum atomic E-state index is 0.0115. The zero-order valence-electron chi connectivity index (χ0n) is 16.8. The van der Waals surface area contributed by atoms with Crippen LogP contribution in [0.4, 0.5) is 11.4 Å². The van der Waals surface area contributed by atoms with Crippen LogP contribution in [0.25, 0.3) is 0 Å². The first-order chi connectivity index (χ1) is 13.5. The summed E-state index contributed by atoms with van der Waals surface area (Å²) in [5.74, 6) is 0.0115. The molecule has 3 rings (SSSR count). The largest absolute Gasteiger partial charge is 0.360 e. The second-order valence-electron chi connectivity index (χ2n) is 7.59.